The van der Waals surface area contributed by atoms with Gasteiger partial charge in [0, 0.05) is 10.2 Å². The predicted octanol–water partition coefficient (Wildman–Crippen LogP) is 4.01. The average Bonchev–Trinajstić information content (AvgIpc) is 2.85. The van der Waals surface area contributed by atoms with Crippen molar-refractivity contribution in [1.29, 1.82) is 0 Å². The molecule has 4 nitrogen and oxygen atoms in total. The first kappa shape index (κ1) is 13.2. The molecule has 0 spiro atoms. The fourth-order valence-electron chi connectivity index (χ4n) is 1.92. The fourth-order valence-corrected chi connectivity index (χ4v) is 2.85. The van der Waals surface area contributed by atoms with Gasteiger partial charge in [0.2, 0.25) is 0 Å². The third-order valence-electron chi connectivity index (χ3n) is 2.92. The van der Waals surface area contributed by atoms with Gasteiger partial charge in [-0.3, -0.25) is 4.79 Å². The van der Waals surface area contributed by atoms with E-state index in [0.29, 0.717) is 10.6 Å². The van der Waals surface area contributed by atoms with E-state index in [1.54, 1.807) is 6.92 Å². The molecule has 0 unspecified atom stereocenters. The van der Waals surface area contributed by atoms with E-state index in [4.69, 9.17) is 0 Å². The number of amides is 1. The second kappa shape index (κ2) is 5.30. The van der Waals surface area contributed by atoms with E-state index < -0.39 is 0 Å². The van der Waals surface area contributed by atoms with E-state index in [-0.39, 0.29) is 5.91 Å². The second-order valence-electron chi connectivity index (χ2n) is 4.35. The van der Waals surface area contributed by atoms with Crippen LogP contribution >= 0.6 is 27.5 Å². The Hall–Kier alpha value is -1.79. The van der Waals surface area contributed by atoms with Gasteiger partial charge in [0.25, 0.3) is 5.91 Å². The van der Waals surface area contributed by atoms with Crippen LogP contribution in [0.2, 0.25) is 0 Å². The maximum Gasteiger partial charge on any atom is 0.269 e. The minimum atomic E-state index is -0.172. The van der Waals surface area contributed by atoms with Crippen LogP contribution < -0.4 is 5.32 Å². The largest absolute Gasteiger partial charge is 0.321 e. The number of anilines is 1. The molecule has 0 aliphatic rings. The van der Waals surface area contributed by atoms with Crippen molar-refractivity contribution in [2.24, 2.45) is 0 Å². The topological polar surface area (TPSA) is 54.9 Å². The number of halogens is 1. The lowest BCUT2D eigenvalue weighted by atomic mass is 10.1. The first-order chi connectivity index (χ1) is 9.63. The monoisotopic (exact) mass is 347 g/mol. The van der Waals surface area contributed by atoms with E-state index >= 15 is 0 Å². The zero-order valence-electron chi connectivity index (χ0n) is 10.6. The van der Waals surface area contributed by atoms with Crippen LogP contribution in [0.1, 0.15) is 15.4 Å². The van der Waals surface area contributed by atoms with Crippen LogP contribution in [0.3, 0.4) is 0 Å². The third-order valence-corrected chi connectivity index (χ3v) is 4.24. The van der Waals surface area contributed by atoms with Crippen molar-refractivity contribution in [2.75, 3.05) is 5.32 Å². The molecule has 2 aromatic carbocycles. The molecule has 0 atom stereocenters. The number of carbonyl (C=O) groups excluding carboxylic acids is 1. The number of aryl methyl sites for hydroxylation is 1. The molecular formula is C14H10BrN3OS. The van der Waals surface area contributed by atoms with E-state index in [9.17, 15) is 4.79 Å². The Morgan fingerprint density at radius 2 is 1.95 bits per heavy atom. The van der Waals surface area contributed by atoms with Crippen LogP contribution in [0.5, 0.6) is 0 Å². The van der Waals surface area contributed by atoms with E-state index in [0.717, 1.165) is 32.5 Å². The molecule has 6 heteroatoms. The zero-order chi connectivity index (χ0) is 14.1. The van der Waals surface area contributed by atoms with Crippen LogP contribution in [0.15, 0.2) is 40.9 Å². The van der Waals surface area contributed by atoms with Gasteiger partial charge in [0.1, 0.15) is 4.88 Å². The number of hydrogen-bond acceptors (Lipinski definition) is 4. The maximum atomic E-state index is 12.1. The Labute approximate surface area is 128 Å². The van der Waals surface area contributed by atoms with Gasteiger partial charge in [-0.05, 0) is 53.5 Å². The highest BCUT2D eigenvalue weighted by Crippen LogP contribution is 2.23. The Morgan fingerprint density at radius 3 is 2.70 bits per heavy atom. The number of fused-ring (bicyclic) bond motifs is 1. The molecule has 3 rings (SSSR count). The van der Waals surface area contributed by atoms with Gasteiger partial charge >= 0.3 is 0 Å². The maximum absolute atomic E-state index is 12.1. The second-order valence-corrected chi connectivity index (χ2v) is 6.02. The minimum absolute atomic E-state index is 0.172. The highest BCUT2D eigenvalue weighted by atomic mass is 79.9. The molecule has 1 N–H and O–H groups in total. The first-order valence-electron chi connectivity index (χ1n) is 5.93. The molecule has 20 heavy (non-hydrogen) atoms. The summed E-state index contributed by atoms with van der Waals surface area (Å²) in [4.78, 5) is 12.6. The SMILES string of the molecule is Cc1nnsc1C(=O)Nc1ccc2cc(Br)ccc2c1. The van der Waals surface area contributed by atoms with Gasteiger partial charge < -0.3 is 5.32 Å². The van der Waals surface area contributed by atoms with Gasteiger partial charge in [-0.15, -0.1) is 5.10 Å². The molecule has 1 amide bonds. The summed E-state index contributed by atoms with van der Waals surface area (Å²) in [6, 6.07) is 11.8. The Morgan fingerprint density at radius 1 is 1.20 bits per heavy atom. The zero-order valence-corrected chi connectivity index (χ0v) is 13.0. The van der Waals surface area contributed by atoms with Crippen molar-refractivity contribution in [1.82, 2.24) is 9.59 Å². The van der Waals surface area contributed by atoms with Gasteiger partial charge in [-0.2, -0.15) is 0 Å². The molecule has 1 aromatic heterocycles. The van der Waals surface area contributed by atoms with E-state index in [1.165, 1.54) is 0 Å². The van der Waals surface area contributed by atoms with Crippen molar-refractivity contribution < 1.29 is 4.79 Å². The molecule has 3 aromatic rings. The van der Waals surface area contributed by atoms with Crippen LogP contribution in [0.4, 0.5) is 5.69 Å². The molecular weight excluding hydrogens is 338 g/mol. The van der Waals surface area contributed by atoms with E-state index in [2.05, 4.69) is 30.8 Å². The summed E-state index contributed by atoms with van der Waals surface area (Å²) < 4.78 is 4.80. The normalized spacial score (nSPS) is 10.7. The number of benzene rings is 2. The summed E-state index contributed by atoms with van der Waals surface area (Å²) in [5.74, 6) is -0.172. The summed E-state index contributed by atoms with van der Waals surface area (Å²) in [6.45, 7) is 1.77. The summed E-state index contributed by atoms with van der Waals surface area (Å²) >= 11 is 4.55. The molecule has 1 heterocycles. The number of hydrogen-bond donors (Lipinski definition) is 1. The van der Waals surface area contributed by atoms with Crippen LogP contribution in [0, 0.1) is 6.92 Å². The van der Waals surface area contributed by atoms with Crippen LogP contribution in [-0.4, -0.2) is 15.5 Å². The molecule has 0 radical (unpaired) electrons. The highest BCUT2D eigenvalue weighted by Gasteiger charge is 2.13. The predicted molar refractivity (Wildman–Crippen MR) is 84.2 cm³/mol. The number of nitrogens with zero attached hydrogens (tertiary/aromatic N) is 2. The van der Waals surface area contributed by atoms with Crippen LogP contribution in [-0.2, 0) is 0 Å². The molecule has 0 saturated carbocycles. The Kier molecular flexibility index (Phi) is 3.50. The third kappa shape index (κ3) is 2.57. The average molecular weight is 348 g/mol. The number of rotatable bonds is 2. The van der Waals surface area contributed by atoms with Crippen LogP contribution in [0.25, 0.3) is 10.8 Å². The lowest BCUT2D eigenvalue weighted by Crippen LogP contribution is -2.11. The van der Waals surface area contributed by atoms with E-state index in [1.807, 2.05) is 36.4 Å². The van der Waals surface area contributed by atoms with Crippen molar-refractivity contribution in [3.8, 4) is 0 Å². The summed E-state index contributed by atoms with van der Waals surface area (Å²) in [6.07, 6.45) is 0. The van der Waals surface area contributed by atoms with Crippen molar-refractivity contribution in [3.63, 3.8) is 0 Å². The molecule has 0 aliphatic carbocycles. The number of aromatic nitrogens is 2. The summed E-state index contributed by atoms with van der Waals surface area (Å²) in [7, 11) is 0. The highest BCUT2D eigenvalue weighted by molar-refractivity contribution is 9.10. The molecule has 0 bridgehead atoms. The standard InChI is InChI=1S/C14H10BrN3OS/c1-8-13(20-18-17-8)14(19)16-12-5-3-9-6-11(15)4-2-10(9)7-12/h2-7H,1H3,(H,16,19). The first-order valence-corrected chi connectivity index (χ1v) is 7.50. The summed E-state index contributed by atoms with van der Waals surface area (Å²) in [5.41, 5.74) is 1.41. The lowest BCUT2D eigenvalue weighted by molar-refractivity contribution is 0.103. The fraction of sp³-hybridized carbons (Fsp3) is 0.0714. The van der Waals surface area contributed by atoms with Gasteiger partial charge in [0.05, 0.1) is 5.69 Å². The summed E-state index contributed by atoms with van der Waals surface area (Å²) in [5, 5.41) is 8.91. The van der Waals surface area contributed by atoms with Crippen molar-refractivity contribution in [3.05, 3.63) is 51.4 Å². The smallest absolute Gasteiger partial charge is 0.269 e. The van der Waals surface area contributed by atoms with Gasteiger partial charge in [-0.25, -0.2) is 0 Å². The minimum Gasteiger partial charge on any atom is -0.321 e. The Bertz CT molecular complexity index is 800. The molecule has 100 valence electrons. The van der Waals surface area contributed by atoms with Crippen molar-refractivity contribution in [2.45, 2.75) is 6.92 Å². The lowest BCUT2D eigenvalue weighted by Gasteiger charge is -2.06. The molecule has 0 saturated heterocycles. The number of nitrogens with one attached hydrogen (secondary N) is 1. The van der Waals surface area contributed by atoms with Crippen molar-refractivity contribution >= 4 is 49.8 Å². The molecule has 0 fully saturated rings. The Balaban J connectivity index is 1.90. The van der Waals surface area contributed by atoms with Gasteiger partial charge in [-0.1, -0.05) is 32.6 Å². The van der Waals surface area contributed by atoms with Gasteiger partial charge in [0.15, 0.2) is 0 Å². The number of carbonyl (C=O) groups is 1. The quantitative estimate of drug-likeness (QED) is 0.761. The molecule has 0 aliphatic heterocycles.